The van der Waals surface area contributed by atoms with Crippen molar-refractivity contribution in [3.05, 3.63) is 0 Å². The minimum Gasteiger partial charge on any atom is -0.481 e. The standard InChI is InChI=1S/C11H20O4/c1-8(3-5-10(12)13)7-9(2)4-6-11(14)15/h8-9H,3-7H2,1-2H3,(H,12,13)(H,14,15). The van der Waals surface area contributed by atoms with Gasteiger partial charge in [0.05, 0.1) is 0 Å². The SMILES string of the molecule is CC(CCC(=O)O)CC(C)CCC(=O)O. The van der Waals surface area contributed by atoms with Gasteiger partial charge in [-0.25, -0.2) is 0 Å². The van der Waals surface area contributed by atoms with Crippen LogP contribution < -0.4 is 0 Å². The number of hydrogen-bond acceptors (Lipinski definition) is 2. The molecule has 0 aromatic rings. The van der Waals surface area contributed by atoms with Gasteiger partial charge >= 0.3 is 11.9 Å². The number of carbonyl (C=O) groups is 2. The van der Waals surface area contributed by atoms with Crippen molar-refractivity contribution < 1.29 is 19.8 Å². The number of hydrogen-bond donors (Lipinski definition) is 2. The first kappa shape index (κ1) is 13.9. The highest BCUT2D eigenvalue weighted by Gasteiger charge is 2.11. The molecule has 2 unspecified atom stereocenters. The Balaban J connectivity index is 3.61. The van der Waals surface area contributed by atoms with Gasteiger partial charge in [-0.15, -0.1) is 0 Å². The Morgan fingerprint density at radius 1 is 0.933 bits per heavy atom. The van der Waals surface area contributed by atoms with Gasteiger partial charge in [0.2, 0.25) is 0 Å². The van der Waals surface area contributed by atoms with E-state index in [-0.39, 0.29) is 12.8 Å². The molecular formula is C11H20O4. The molecule has 88 valence electrons. The molecule has 4 nitrogen and oxygen atoms in total. The van der Waals surface area contributed by atoms with Crippen molar-refractivity contribution in [2.45, 2.75) is 46.0 Å². The van der Waals surface area contributed by atoms with Crippen LogP contribution in [0.4, 0.5) is 0 Å². The zero-order valence-corrected chi connectivity index (χ0v) is 9.40. The van der Waals surface area contributed by atoms with Crippen molar-refractivity contribution in [1.82, 2.24) is 0 Å². The molecule has 0 aliphatic rings. The van der Waals surface area contributed by atoms with Crippen molar-refractivity contribution in [3.63, 3.8) is 0 Å². The Bertz CT molecular complexity index is 191. The van der Waals surface area contributed by atoms with Crippen LogP contribution in [-0.4, -0.2) is 22.2 Å². The molecule has 0 spiro atoms. The van der Waals surface area contributed by atoms with Crippen molar-refractivity contribution in [2.24, 2.45) is 11.8 Å². The second-order valence-electron chi connectivity index (χ2n) is 4.31. The zero-order valence-electron chi connectivity index (χ0n) is 9.40. The van der Waals surface area contributed by atoms with Crippen LogP contribution in [-0.2, 0) is 9.59 Å². The molecular weight excluding hydrogens is 196 g/mol. The van der Waals surface area contributed by atoms with Gasteiger partial charge in [0, 0.05) is 12.8 Å². The first-order chi connectivity index (χ1) is 6.91. The molecule has 15 heavy (non-hydrogen) atoms. The van der Waals surface area contributed by atoms with E-state index in [1.54, 1.807) is 0 Å². The third-order valence-corrected chi connectivity index (χ3v) is 2.51. The minimum atomic E-state index is -0.764. The Hall–Kier alpha value is -1.06. The summed E-state index contributed by atoms with van der Waals surface area (Å²) >= 11 is 0. The van der Waals surface area contributed by atoms with Gasteiger partial charge in [-0.2, -0.15) is 0 Å². The highest BCUT2D eigenvalue weighted by molar-refractivity contribution is 5.66. The molecule has 0 aromatic carbocycles. The summed E-state index contributed by atoms with van der Waals surface area (Å²) in [6, 6.07) is 0. The lowest BCUT2D eigenvalue weighted by Gasteiger charge is -2.15. The summed E-state index contributed by atoms with van der Waals surface area (Å²) in [4.78, 5) is 20.7. The highest BCUT2D eigenvalue weighted by atomic mass is 16.4. The molecule has 2 atom stereocenters. The van der Waals surface area contributed by atoms with Gasteiger partial charge in [0.1, 0.15) is 0 Å². The van der Waals surface area contributed by atoms with Crippen LogP contribution in [0.1, 0.15) is 46.0 Å². The fourth-order valence-corrected chi connectivity index (χ4v) is 1.66. The Labute approximate surface area is 90.3 Å². The molecule has 0 saturated carbocycles. The van der Waals surface area contributed by atoms with E-state index in [4.69, 9.17) is 10.2 Å². The highest BCUT2D eigenvalue weighted by Crippen LogP contribution is 2.20. The van der Waals surface area contributed by atoms with Crippen molar-refractivity contribution >= 4 is 11.9 Å². The van der Waals surface area contributed by atoms with Gasteiger partial charge in [-0.1, -0.05) is 13.8 Å². The van der Waals surface area contributed by atoms with Gasteiger partial charge in [0.25, 0.3) is 0 Å². The summed E-state index contributed by atoms with van der Waals surface area (Å²) in [5.74, 6) is -0.824. The molecule has 0 aliphatic heterocycles. The summed E-state index contributed by atoms with van der Waals surface area (Å²) in [5.41, 5.74) is 0. The van der Waals surface area contributed by atoms with Crippen molar-refractivity contribution in [2.75, 3.05) is 0 Å². The molecule has 4 heteroatoms. The first-order valence-corrected chi connectivity index (χ1v) is 5.35. The maximum atomic E-state index is 10.3. The van der Waals surface area contributed by atoms with Gasteiger partial charge < -0.3 is 10.2 Å². The summed E-state index contributed by atoms with van der Waals surface area (Å²) in [6.45, 7) is 4.03. The topological polar surface area (TPSA) is 74.6 Å². The number of aliphatic carboxylic acids is 2. The number of carboxylic acid groups (broad SMARTS) is 2. The molecule has 0 bridgehead atoms. The van der Waals surface area contributed by atoms with E-state index in [2.05, 4.69) is 0 Å². The van der Waals surface area contributed by atoms with Crippen LogP contribution in [0.15, 0.2) is 0 Å². The van der Waals surface area contributed by atoms with Gasteiger partial charge in [-0.3, -0.25) is 9.59 Å². The van der Waals surface area contributed by atoms with Crippen molar-refractivity contribution in [1.29, 1.82) is 0 Å². The molecule has 0 fully saturated rings. The molecule has 0 radical (unpaired) electrons. The monoisotopic (exact) mass is 216 g/mol. The fourth-order valence-electron chi connectivity index (χ4n) is 1.66. The Morgan fingerprint density at radius 2 is 1.27 bits per heavy atom. The van der Waals surface area contributed by atoms with Crippen LogP contribution in [0.3, 0.4) is 0 Å². The Kier molecular flexibility index (Phi) is 6.75. The van der Waals surface area contributed by atoms with E-state index < -0.39 is 11.9 Å². The lowest BCUT2D eigenvalue weighted by Crippen LogP contribution is -2.07. The molecule has 2 N–H and O–H groups in total. The normalized spacial score (nSPS) is 14.5. The van der Waals surface area contributed by atoms with E-state index in [1.807, 2.05) is 13.8 Å². The van der Waals surface area contributed by atoms with Crippen molar-refractivity contribution in [3.8, 4) is 0 Å². The van der Waals surface area contributed by atoms with E-state index in [0.29, 0.717) is 24.7 Å². The second-order valence-corrected chi connectivity index (χ2v) is 4.31. The lowest BCUT2D eigenvalue weighted by atomic mass is 9.91. The summed E-state index contributed by atoms with van der Waals surface area (Å²) in [6.07, 6.45) is 2.65. The maximum absolute atomic E-state index is 10.3. The van der Waals surface area contributed by atoms with Crippen LogP contribution in [0.25, 0.3) is 0 Å². The quantitative estimate of drug-likeness (QED) is 0.653. The zero-order chi connectivity index (χ0) is 11.8. The van der Waals surface area contributed by atoms with Crippen LogP contribution in [0, 0.1) is 11.8 Å². The largest absolute Gasteiger partial charge is 0.481 e. The minimum absolute atomic E-state index is 0.201. The van der Waals surface area contributed by atoms with Crippen LogP contribution >= 0.6 is 0 Å². The van der Waals surface area contributed by atoms with E-state index in [0.717, 1.165) is 6.42 Å². The van der Waals surface area contributed by atoms with Gasteiger partial charge in [-0.05, 0) is 31.1 Å². The molecule has 0 aliphatic carbocycles. The first-order valence-electron chi connectivity index (χ1n) is 5.35. The lowest BCUT2D eigenvalue weighted by molar-refractivity contribution is -0.138. The van der Waals surface area contributed by atoms with E-state index >= 15 is 0 Å². The average Bonchev–Trinajstić information content (AvgIpc) is 2.11. The second kappa shape index (κ2) is 7.26. The van der Waals surface area contributed by atoms with Crippen LogP contribution in [0.2, 0.25) is 0 Å². The third-order valence-electron chi connectivity index (χ3n) is 2.51. The molecule has 0 saturated heterocycles. The van der Waals surface area contributed by atoms with Crippen LogP contribution in [0.5, 0.6) is 0 Å². The maximum Gasteiger partial charge on any atom is 0.303 e. The third kappa shape index (κ3) is 9.25. The number of rotatable bonds is 8. The van der Waals surface area contributed by atoms with E-state index in [9.17, 15) is 9.59 Å². The predicted molar refractivity (Wildman–Crippen MR) is 56.7 cm³/mol. The molecule has 0 rings (SSSR count). The van der Waals surface area contributed by atoms with Gasteiger partial charge in [0.15, 0.2) is 0 Å². The fraction of sp³-hybridized carbons (Fsp3) is 0.818. The smallest absolute Gasteiger partial charge is 0.303 e. The average molecular weight is 216 g/mol. The summed E-state index contributed by atoms with van der Waals surface area (Å²) < 4.78 is 0. The summed E-state index contributed by atoms with van der Waals surface area (Å²) in [5, 5.41) is 17.0. The number of carboxylic acids is 2. The molecule has 0 heterocycles. The molecule has 0 aromatic heterocycles. The summed E-state index contributed by atoms with van der Waals surface area (Å²) in [7, 11) is 0. The predicted octanol–water partition coefficient (Wildman–Crippen LogP) is 2.38. The Morgan fingerprint density at radius 3 is 1.53 bits per heavy atom. The molecule has 0 amide bonds. The van der Waals surface area contributed by atoms with E-state index in [1.165, 1.54) is 0 Å².